The predicted octanol–water partition coefficient (Wildman–Crippen LogP) is 1.39. The third kappa shape index (κ3) is 6.53. The fraction of sp³-hybridized carbons (Fsp3) is 0.850. The normalized spacial score (nSPS) is 29.6. The Morgan fingerprint density at radius 2 is 1.86 bits per heavy atom. The second-order valence-electron chi connectivity index (χ2n) is 7.91. The number of ketones is 1. The second-order valence-corrected chi connectivity index (χ2v) is 7.91. The molecule has 0 amide bonds. The SMILES string of the molecule is COC(=O)CC[C@]1(C)O[C@@H]([C@H](O)[C@@H](C)CCCC(C)=O)[C@H](C(=O)OC)C[C@H]1O. The molecule has 1 saturated heterocycles. The minimum atomic E-state index is -1.11. The molecule has 28 heavy (non-hydrogen) atoms. The molecule has 0 saturated carbocycles. The molecule has 1 fully saturated rings. The van der Waals surface area contributed by atoms with Crippen molar-refractivity contribution in [2.45, 2.75) is 83.2 Å². The van der Waals surface area contributed by atoms with Crippen LogP contribution in [0.1, 0.15) is 59.3 Å². The first kappa shape index (κ1) is 24.5. The summed E-state index contributed by atoms with van der Waals surface area (Å²) in [5.41, 5.74) is -1.11. The summed E-state index contributed by atoms with van der Waals surface area (Å²) in [4.78, 5) is 34.9. The van der Waals surface area contributed by atoms with Crippen LogP contribution in [-0.2, 0) is 28.6 Å². The van der Waals surface area contributed by atoms with E-state index in [1.54, 1.807) is 6.92 Å². The minimum Gasteiger partial charge on any atom is -0.469 e. The molecule has 162 valence electrons. The second kappa shape index (κ2) is 10.9. The lowest BCUT2D eigenvalue weighted by Gasteiger charge is -2.47. The van der Waals surface area contributed by atoms with Crippen molar-refractivity contribution in [3.8, 4) is 0 Å². The number of hydrogen-bond acceptors (Lipinski definition) is 8. The topological polar surface area (TPSA) is 119 Å². The van der Waals surface area contributed by atoms with Crippen molar-refractivity contribution in [3.05, 3.63) is 0 Å². The number of methoxy groups -OCH3 is 2. The molecule has 0 unspecified atom stereocenters. The van der Waals surface area contributed by atoms with Crippen LogP contribution in [0.2, 0.25) is 0 Å². The Morgan fingerprint density at radius 1 is 1.21 bits per heavy atom. The van der Waals surface area contributed by atoms with E-state index in [-0.39, 0.29) is 31.0 Å². The Kier molecular flexibility index (Phi) is 9.53. The highest BCUT2D eigenvalue weighted by Crippen LogP contribution is 2.39. The average molecular weight is 402 g/mol. The highest BCUT2D eigenvalue weighted by molar-refractivity contribution is 5.75. The molecule has 0 bridgehead atoms. The zero-order chi connectivity index (χ0) is 21.5. The Balaban J connectivity index is 2.94. The molecule has 0 spiro atoms. The number of Topliss-reactive ketones (excluding diaryl/α,β-unsaturated/α-hetero) is 1. The lowest BCUT2D eigenvalue weighted by Crippen LogP contribution is -2.58. The smallest absolute Gasteiger partial charge is 0.311 e. The maximum atomic E-state index is 12.2. The number of ether oxygens (including phenoxy) is 3. The first-order valence-electron chi connectivity index (χ1n) is 9.73. The van der Waals surface area contributed by atoms with Crippen LogP contribution in [-0.4, -0.2) is 66.1 Å². The zero-order valence-electron chi connectivity index (χ0n) is 17.5. The van der Waals surface area contributed by atoms with Crippen LogP contribution < -0.4 is 0 Å². The third-order valence-electron chi connectivity index (χ3n) is 5.65. The maximum absolute atomic E-state index is 12.2. The first-order valence-corrected chi connectivity index (χ1v) is 9.73. The minimum absolute atomic E-state index is 0.0456. The summed E-state index contributed by atoms with van der Waals surface area (Å²) in [6.45, 7) is 5.01. The van der Waals surface area contributed by atoms with Crippen molar-refractivity contribution in [3.63, 3.8) is 0 Å². The van der Waals surface area contributed by atoms with Gasteiger partial charge >= 0.3 is 11.9 Å². The molecule has 8 nitrogen and oxygen atoms in total. The van der Waals surface area contributed by atoms with E-state index in [1.165, 1.54) is 21.1 Å². The van der Waals surface area contributed by atoms with Gasteiger partial charge in [-0.3, -0.25) is 9.59 Å². The monoisotopic (exact) mass is 402 g/mol. The van der Waals surface area contributed by atoms with Crippen LogP contribution in [0.15, 0.2) is 0 Å². The number of aliphatic hydroxyl groups is 2. The van der Waals surface area contributed by atoms with E-state index < -0.39 is 41.8 Å². The largest absolute Gasteiger partial charge is 0.469 e. The van der Waals surface area contributed by atoms with Crippen LogP contribution in [0.25, 0.3) is 0 Å². The van der Waals surface area contributed by atoms with E-state index in [4.69, 9.17) is 9.47 Å². The molecule has 0 aliphatic carbocycles. The van der Waals surface area contributed by atoms with Gasteiger partial charge in [0.1, 0.15) is 5.78 Å². The van der Waals surface area contributed by atoms with Gasteiger partial charge in [0.25, 0.3) is 0 Å². The van der Waals surface area contributed by atoms with Gasteiger partial charge in [-0.05, 0) is 45.4 Å². The van der Waals surface area contributed by atoms with Gasteiger partial charge in [-0.15, -0.1) is 0 Å². The van der Waals surface area contributed by atoms with E-state index in [0.717, 1.165) is 0 Å². The molecule has 1 aliphatic heterocycles. The number of carbonyl (C=O) groups is 3. The van der Waals surface area contributed by atoms with Gasteiger partial charge in [-0.1, -0.05) is 6.92 Å². The molecule has 0 radical (unpaired) electrons. The van der Waals surface area contributed by atoms with E-state index >= 15 is 0 Å². The van der Waals surface area contributed by atoms with Gasteiger partial charge in [-0.2, -0.15) is 0 Å². The van der Waals surface area contributed by atoms with Crippen molar-refractivity contribution < 1.29 is 38.8 Å². The Bertz CT molecular complexity index is 548. The summed E-state index contributed by atoms with van der Waals surface area (Å²) >= 11 is 0. The highest BCUT2D eigenvalue weighted by atomic mass is 16.6. The third-order valence-corrected chi connectivity index (χ3v) is 5.65. The first-order chi connectivity index (χ1) is 13.1. The van der Waals surface area contributed by atoms with E-state index in [9.17, 15) is 24.6 Å². The molecule has 6 atom stereocenters. The molecule has 1 aliphatic rings. The van der Waals surface area contributed by atoms with Gasteiger partial charge < -0.3 is 29.2 Å². The lowest BCUT2D eigenvalue weighted by molar-refractivity contribution is -0.238. The van der Waals surface area contributed by atoms with Crippen molar-refractivity contribution in [2.24, 2.45) is 11.8 Å². The fourth-order valence-electron chi connectivity index (χ4n) is 3.63. The Labute approximate surface area is 166 Å². The highest BCUT2D eigenvalue weighted by Gasteiger charge is 2.51. The summed E-state index contributed by atoms with van der Waals surface area (Å²) in [7, 11) is 2.53. The molecular weight excluding hydrogens is 368 g/mol. The van der Waals surface area contributed by atoms with Gasteiger partial charge in [0.05, 0.1) is 44.1 Å². The molecule has 1 rings (SSSR count). The number of rotatable bonds is 10. The van der Waals surface area contributed by atoms with Crippen molar-refractivity contribution in [1.82, 2.24) is 0 Å². The molecule has 8 heteroatoms. The summed E-state index contributed by atoms with van der Waals surface area (Å²) in [6, 6.07) is 0. The molecule has 2 N–H and O–H groups in total. The summed E-state index contributed by atoms with van der Waals surface area (Å²) in [6.07, 6.45) is -0.920. The van der Waals surface area contributed by atoms with Crippen molar-refractivity contribution in [1.29, 1.82) is 0 Å². The van der Waals surface area contributed by atoms with Crippen LogP contribution in [0.3, 0.4) is 0 Å². The number of hydrogen-bond donors (Lipinski definition) is 2. The van der Waals surface area contributed by atoms with Crippen LogP contribution in [0.4, 0.5) is 0 Å². The van der Waals surface area contributed by atoms with Gasteiger partial charge in [-0.25, -0.2) is 0 Å². The van der Waals surface area contributed by atoms with Crippen LogP contribution in [0.5, 0.6) is 0 Å². The van der Waals surface area contributed by atoms with E-state index in [2.05, 4.69) is 4.74 Å². The quantitative estimate of drug-likeness (QED) is 0.526. The van der Waals surface area contributed by atoms with Crippen molar-refractivity contribution in [2.75, 3.05) is 14.2 Å². The number of carbonyl (C=O) groups excluding carboxylic acids is 3. The summed E-state index contributed by atoms with van der Waals surface area (Å²) < 4.78 is 15.5. The Morgan fingerprint density at radius 3 is 2.39 bits per heavy atom. The predicted molar refractivity (Wildman–Crippen MR) is 100 cm³/mol. The molecule has 1 heterocycles. The molecular formula is C20H34O8. The average Bonchev–Trinajstić information content (AvgIpc) is 2.66. The van der Waals surface area contributed by atoms with Gasteiger partial charge in [0.2, 0.25) is 0 Å². The lowest BCUT2D eigenvalue weighted by atomic mass is 9.77. The van der Waals surface area contributed by atoms with Crippen LogP contribution >= 0.6 is 0 Å². The van der Waals surface area contributed by atoms with Crippen molar-refractivity contribution >= 4 is 17.7 Å². The molecule has 0 aromatic carbocycles. The van der Waals surface area contributed by atoms with Gasteiger partial charge in [0.15, 0.2) is 0 Å². The Hall–Kier alpha value is -1.51. The standard InChI is InChI=1S/C20H34O8/c1-12(7-6-8-13(2)21)17(24)18-14(19(25)27-5)11-15(22)20(3,28-18)10-9-16(23)26-4/h12,14-15,17-18,22,24H,6-11H2,1-5H3/t12-,14+,15+,17+,18+,20-/m0/s1. The van der Waals surface area contributed by atoms with Gasteiger partial charge in [0, 0.05) is 12.8 Å². The number of aliphatic hydroxyl groups excluding tert-OH is 2. The van der Waals surface area contributed by atoms with E-state index in [1.807, 2.05) is 6.92 Å². The maximum Gasteiger partial charge on any atom is 0.311 e. The summed E-state index contributed by atoms with van der Waals surface area (Å²) in [5.74, 6) is -1.95. The zero-order valence-corrected chi connectivity index (χ0v) is 17.5. The molecule has 0 aromatic heterocycles. The van der Waals surface area contributed by atoms with Crippen LogP contribution in [0, 0.1) is 11.8 Å². The fourth-order valence-corrected chi connectivity index (χ4v) is 3.63. The number of esters is 2. The van der Waals surface area contributed by atoms with E-state index in [0.29, 0.717) is 19.3 Å². The summed E-state index contributed by atoms with van der Waals surface area (Å²) in [5, 5.41) is 21.4. The molecule has 0 aromatic rings.